The molecule has 2 aliphatic rings. The molecule has 1 atom stereocenters. The summed E-state index contributed by atoms with van der Waals surface area (Å²) < 4.78 is 0. The monoisotopic (exact) mass is 488 g/mol. The van der Waals surface area contributed by atoms with Crippen molar-refractivity contribution in [1.82, 2.24) is 9.80 Å². The Hall–Kier alpha value is -2.05. The molecule has 2 aliphatic heterocycles. The molecule has 0 spiro atoms. The van der Waals surface area contributed by atoms with Gasteiger partial charge >= 0.3 is 0 Å². The molecule has 4 nitrogen and oxygen atoms in total. The molecule has 3 aromatic rings. The molecule has 32 heavy (non-hydrogen) atoms. The Labute approximate surface area is 207 Å². The number of thiophene rings is 1. The van der Waals surface area contributed by atoms with Crippen molar-refractivity contribution < 1.29 is 0 Å². The summed E-state index contributed by atoms with van der Waals surface area (Å²) in [6, 6.07) is 22.0. The van der Waals surface area contributed by atoms with Crippen LogP contribution in [0.4, 0.5) is 16.4 Å². The summed E-state index contributed by atoms with van der Waals surface area (Å²) in [4.78, 5) is 11.5. The third-order valence-electron chi connectivity index (χ3n) is 6.16. The highest BCUT2D eigenvalue weighted by Gasteiger charge is 2.29. The second-order valence-electron chi connectivity index (χ2n) is 8.28. The van der Waals surface area contributed by atoms with E-state index in [0.717, 1.165) is 49.7 Å². The second-order valence-corrected chi connectivity index (χ2v) is 9.54. The van der Waals surface area contributed by atoms with Crippen molar-refractivity contribution in [1.29, 1.82) is 0 Å². The second kappa shape index (κ2) is 10.7. The lowest BCUT2D eigenvalue weighted by Gasteiger charge is -2.41. The van der Waals surface area contributed by atoms with Gasteiger partial charge in [-0.3, -0.25) is 4.90 Å². The van der Waals surface area contributed by atoms with Crippen LogP contribution in [0, 0.1) is 6.92 Å². The van der Waals surface area contributed by atoms with Crippen LogP contribution in [0.15, 0.2) is 65.7 Å². The highest BCUT2D eigenvalue weighted by atomic mass is 35.5. The van der Waals surface area contributed by atoms with Gasteiger partial charge in [-0.2, -0.15) is 0 Å². The van der Waals surface area contributed by atoms with Crippen molar-refractivity contribution in [3.63, 3.8) is 0 Å². The molecule has 7 heteroatoms. The number of amidine groups is 1. The molecule has 170 valence electrons. The molecule has 5 rings (SSSR count). The Kier molecular flexibility index (Phi) is 8.23. The molecule has 1 N–H and O–H groups in total. The Morgan fingerprint density at radius 1 is 1.03 bits per heavy atom. The Balaban J connectivity index is 0.00000144. The standard InChI is InChI=1S/C25H28N4S.2ClH/c1-18-16-21-24(26-22-10-6-7-11-23(22)27-25(21)30-18)29-15-14-28(2)20(17-29)13-12-19-8-4-3-5-9-19;;/h3-11,16,20,27H,12-15,17H2,1-2H3;2*1H/t20-;;/m0../s1. The van der Waals surface area contributed by atoms with Gasteiger partial charge in [0.2, 0.25) is 0 Å². The van der Waals surface area contributed by atoms with Crippen LogP contribution in [0.25, 0.3) is 0 Å². The van der Waals surface area contributed by atoms with Crippen LogP contribution in [0.3, 0.4) is 0 Å². The van der Waals surface area contributed by atoms with Gasteiger partial charge in [0, 0.05) is 30.6 Å². The first-order valence-corrected chi connectivity index (χ1v) is 11.5. The topological polar surface area (TPSA) is 30.9 Å². The molecule has 1 saturated heterocycles. The fourth-order valence-corrected chi connectivity index (χ4v) is 5.34. The number of nitrogens with one attached hydrogen (secondary N) is 1. The van der Waals surface area contributed by atoms with Crippen molar-refractivity contribution in [3.8, 4) is 0 Å². The van der Waals surface area contributed by atoms with Crippen LogP contribution in [0.2, 0.25) is 0 Å². The zero-order chi connectivity index (χ0) is 20.5. The number of anilines is 2. The summed E-state index contributed by atoms with van der Waals surface area (Å²) in [5.41, 5.74) is 4.77. The van der Waals surface area contributed by atoms with Crippen LogP contribution in [0.1, 0.15) is 22.4 Å². The number of hydrogen-bond acceptors (Lipinski definition) is 5. The van der Waals surface area contributed by atoms with Gasteiger partial charge in [0.05, 0.1) is 16.9 Å². The van der Waals surface area contributed by atoms with Crippen LogP contribution in [-0.4, -0.2) is 48.4 Å². The van der Waals surface area contributed by atoms with Crippen LogP contribution in [0.5, 0.6) is 0 Å². The molecular formula is C25H30Cl2N4S. The Bertz CT molecular complexity index is 1070. The summed E-state index contributed by atoms with van der Waals surface area (Å²) in [5.74, 6) is 1.12. The number of para-hydroxylation sites is 2. The van der Waals surface area contributed by atoms with Gasteiger partial charge in [0.1, 0.15) is 10.8 Å². The molecule has 2 aromatic carbocycles. The van der Waals surface area contributed by atoms with Gasteiger partial charge in [0.25, 0.3) is 0 Å². The van der Waals surface area contributed by atoms with E-state index in [4.69, 9.17) is 4.99 Å². The molecule has 0 amide bonds. The maximum atomic E-state index is 5.16. The van der Waals surface area contributed by atoms with E-state index in [0.29, 0.717) is 6.04 Å². The van der Waals surface area contributed by atoms with Gasteiger partial charge in [-0.05, 0) is 50.6 Å². The number of likely N-dealkylation sites (N-methyl/N-ethyl adjacent to an activating group) is 1. The summed E-state index contributed by atoms with van der Waals surface area (Å²) in [6.45, 7) is 5.26. The number of fused-ring (bicyclic) bond motifs is 2. The first-order valence-electron chi connectivity index (χ1n) is 10.7. The van der Waals surface area contributed by atoms with Crippen molar-refractivity contribution in [2.24, 2.45) is 4.99 Å². The lowest BCUT2D eigenvalue weighted by Crippen LogP contribution is -2.53. The molecule has 1 aromatic heterocycles. The predicted molar refractivity (Wildman–Crippen MR) is 142 cm³/mol. The normalized spacial score (nSPS) is 17.6. The lowest BCUT2D eigenvalue weighted by atomic mass is 10.0. The van der Waals surface area contributed by atoms with Gasteiger partial charge < -0.3 is 10.2 Å². The van der Waals surface area contributed by atoms with E-state index in [-0.39, 0.29) is 24.8 Å². The van der Waals surface area contributed by atoms with E-state index in [1.807, 2.05) is 11.3 Å². The summed E-state index contributed by atoms with van der Waals surface area (Å²) in [7, 11) is 2.26. The first-order chi connectivity index (χ1) is 14.7. The third kappa shape index (κ3) is 5.12. The minimum atomic E-state index is 0. The van der Waals surface area contributed by atoms with E-state index >= 15 is 0 Å². The summed E-state index contributed by atoms with van der Waals surface area (Å²) >= 11 is 1.81. The van der Waals surface area contributed by atoms with Crippen molar-refractivity contribution in [3.05, 3.63) is 76.7 Å². The average Bonchev–Trinajstić information content (AvgIpc) is 3.05. The lowest BCUT2D eigenvalue weighted by molar-refractivity contribution is 0.134. The number of piperazine rings is 1. The van der Waals surface area contributed by atoms with E-state index in [1.165, 1.54) is 21.0 Å². The average molecular weight is 490 g/mol. The quantitative estimate of drug-likeness (QED) is 0.470. The summed E-state index contributed by atoms with van der Waals surface area (Å²) in [5, 5.41) is 4.83. The molecule has 0 radical (unpaired) electrons. The minimum Gasteiger partial charge on any atom is -0.353 e. The zero-order valence-corrected chi connectivity index (χ0v) is 20.9. The van der Waals surface area contributed by atoms with Gasteiger partial charge in [-0.1, -0.05) is 42.5 Å². The molecule has 0 bridgehead atoms. The van der Waals surface area contributed by atoms with Gasteiger partial charge in [0.15, 0.2) is 0 Å². The van der Waals surface area contributed by atoms with E-state index < -0.39 is 0 Å². The molecule has 0 aliphatic carbocycles. The highest BCUT2D eigenvalue weighted by molar-refractivity contribution is 7.16. The van der Waals surface area contributed by atoms with Crippen molar-refractivity contribution >= 4 is 58.4 Å². The van der Waals surface area contributed by atoms with E-state index in [2.05, 4.69) is 89.8 Å². The number of rotatable bonds is 3. The van der Waals surface area contributed by atoms with Gasteiger partial charge in [-0.25, -0.2) is 4.99 Å². The molecule has 0 saturated carbocycles. The SMILES string of the molecule is Cc1cc2c(s1)Nc1ccccc1N=C2N1CCN(C)[C@@H](CCc2ccccc2)C1.Cl.Cl. The van der Waals surface area contributed by atoms with Crippen LogP contribution < -0.4 is 5.32 Å². The van der Waals surface area contributed by atoms with E-state index in [9.17, 15) is 0 Å². The Morgan fingerprint density at radius 2 is 1.78 bits per heavy atom. The minimum absolute atomic E-state index is 0. The number of aliphatic imine (C=N–C) groups is 1. The highest BCUT2D eigenvalue weighted by Crippen LogP contribution is 2.39. The maximum Gasteiger partial charge on any atom is 0.139 e. The first kappa shape index (κ1) is 24.6. The number of hydrogen-bond donors (Lipinski definition) is 1. The molecular weight excluding hydrogens is 459 g/mol. The fourth-order valence-electron chi connectivity index (χ4n) is 4.42. The predicted octanol–water partition coefficient (Wildman–Crippen LogP) is 6.28. The van der Waals surface area contributed by atoms with Crippen LogP contribution in [-0.2, 0) is 6.42 Å². The Morgan fingerprint density at radius 3 is 2.59 bits per heavy atom. The summed E-state index contributed by atoms with van der Waals surface area (Å²) in [6.07, 6.45) is 2.28. The number of halogens is 2. The zero-order valence-electron chi connectivity index (χ0n) is 18.5. The van der Waals surface area contributed by atoms with Crippen molar-refractivity contribution in [2.45, 2.75) is 25.8 Å². The number of benzene rings is 2. The number of nitrogens with zero attached hydrogens (tertiary/aromatic N) is 3. The fraction of sp³-hybridized carbons (Fsp3) is 0.320. The molecule has 1 fully saturated rings. The largest absolute Gasteiger partial charge is 0.353 e. The van der Waals surface area contributed by atoms with Gasteiger partial charge in [-0.15, -0.1) is 36.2 Å². The van der Waals surface area contributed by atoms with Crippen LogP contribution >= 0.6 is 36.2 Å². The van der Waals surface area contributed by atoms with Crippen molar-refractivity contribution in [2.75, 3.05) is 32.0 Å². The maximum absolute atomic E-state index is 5.16. The smallest absolute Gasteiger partial charge is 0.139 e. The van der Waals surface area contributed by atoms with E-state index in [1.54, 1.807) is 0 Å². The number of aryl methyl sites for hydroxylation is 2. The third-order valence-corrected chi connectivity index (χ3v) is 7.13. The molecule has 0 unspecified atom stereocenters. The molecule has 3 heterocycles.